The van der Waals surface area contributed by atoms with Crippen molar-refractivity contribution in [3.8, 4) is 6.01 Å². The Kier molecular flexibility index (Phi) is 4.08. The lowest BCUT2D eigenvalue weighted by atomic mass is 10.6. The van der Waals surface area contributed by atoms with Crippen LogP contribution in [0.5, 0.6) is 6.01 Å². The number of ether oxygens (including phenoxy) is 1. The van der Waals surface area contributed by atoms with E-state index >= 15 is 0 Å². The van der Waals surface area contributed by atoms with Gasteiger partial charge in [0, 0.05) is 18.9 Å². The number of aromatic nitrogens is 2. The fourth-order valence-corrected chi connectivity index (χ4v) is 0.751. The molecule has 0 unspecified atom stereocenters. The largest absolute Gasteiger partial charge is 0.462 e. The Morgan fingerprint density at radius 1 is 1.42 bits per heavy atom. The van der Waals surface area contributed by atoms with Gasteiger partial charge in [0.05, 0.1) is 0 Å². The van der Waals surface area contributed by atoms with Crippen LogP contribution in [0.15, 0.2) is 18.5 Å². The number of nitrogens with one attached hydrogen (secondary N) is 1. The Labute approximate surface area is 72.0 Å². The zero-order chi connectivity index (χ0) is 8.65. The summed E-state index contributed by atoms with van der Waals surface area (Å²) in [4.78, 5) is 7.83. The van der Waals surface area contributed by atoms with Crippen LogP contribution in [0.1, 0.15) is 6.92 Å². The monoisotopic (exact) mass is 167 g/mol. The average molecular weight is 167 g/mol. The molecule has 1 rings (SSSR count). The van der Waals surface area contributed by atoms with E-state index in [9.17, 15) is 0 Å². The standard InChI is InChI=1S/C8H13N3O/c1-2-9-6-7-12-8-10-4-3-5-11-8/h3-5,9H,2,6-7H2,1H3. The van der Waals surface area contributed by atoms with E-state index in [4.69, 9.17) is 4.74 Å². The first-order chi connectivity index (χ1) is 5.93. The Balaban J connectivity index is 2.16. The van der Waals surface area contributed by atoms with Gasteiger partial charge >= 0.3 is 6.01 Å². The van der Waals surface area contributed by atoms with Crippen molar-refractivity contribution in [3.63, 3.8) is 0 Å². The minimum Gasteiger partial charge on any atom is -0.462 e. The molecule has 4 heteroatoms. The third-order valence-corrected chi connectivity index (χ3v) is 1.30. The van der Waals surface area contributed by atoms with Gasteiger partial charge in [0.2, 0.25) is 0 Å². The van der Waals surface area contributed by atoms with Gasteiger partial charge in [0.15, 0.2) is 0 Å². The highest BCUT2D eigenvalue weighted by molar-refractivity contribution is 4.92. The van der Waals surface area contributed by atoms with Gasteiger partial charge in [-0.15, -0.1) is 0 Å². The maximum atomic E-state index is 5.22. The predicted octanol–water partition coefficient (Wildman–Crippen LogP) is 0.465. The fourth-order valence-electron chi connectivity index (χ4n) is 0.751. The van der Waals surface area contributed by atoms with Gasteiger partial charge in [-0.1, -0.05) is 6.92 Å². The molecule has 0 bridgehead atoms. The third kappa shape index (κ3) is 3.30. The highest BCUT2D eigenvalue weighted by Gasteiger charge is 1.92. The highest BCUT2D eigenvalue weighted by Crippen LogP contribution is 1.95. The Hall–Kier alpha value is -1.16. The smallest absolute Gasteiger partial charge is 0.316 e. The third-order valence-electron chi connectivity index (χ3n) is 1.30. The molecule has 1 heterocycles. The van der Waals surface area contributed by atoms with Crippen molar-refractivity contribution in [2.45, 2.75) is 6.92 Å². The first kappa shape index (κ1) is 8.93. The van der Waals surface area contributed by atoms with E-state index in [-0.39, 0.29) is 0 Å². The van der Waals surface area contributed by atoms with Crippen molar-refractivity contribution in [3.05, 3.63) is 18.5 Å². The molecule has 4 nitrogen and oxygen atoms in total. The molecule has 12 heavy (non-hydrogen) atoms. The lowest BCUT2D eigenvalue weighted by Gasteiger charge is -2.02. The number of hydrogen-bond acceptors (Lipinski definition) is 4. The zero-order valence-electron chi connectivity index (χ0n) is 7.16. The second kappa shape index (κ2) is 5.49. The Bertz CT molecular complexity index is 203. The molecule has 0 aliphatic rings. The molecular formula is C8H13N3O. The molecule has 0 atom stereocenters. The van der Waals surface area contributed by atoms with E-state index in [1.54, 1.807) is 18.5 Å². The second-order valence-corrected chi connectivity index (χ2v) is 2.23. The van der Waals surface area contributed by atoms with Crippen molar-refractivity contribution >= 4 is 0 Å². The van der Waals surface area contributed by atoms with Crippen LogP contribution >= 0.6 is 0 Å². The van der Waals surface area contributed by atoms with Gasteiger partial charge in [-0.25, -0.2) is 9.97 Å². The second-order valence-electron chi connectivity index (χ2n) is 2.23. The van der Waals surface area contributed by atoms with E-state index in [1.807, 2.05) is 0 Å². The van der Waals surface area contributed by atoms with E-state index in [1.165, 1.54) is 0 Å². The fraction of sp³-hybridized carbons (Fsp3) is 0.500. The molecule has 66 valence electrons. The molecule has 0 radical (unpaired) electrons. The summed E-state index contributed by atoms with van der Waals surface area (Å²) in [5.74, 6) is 0. The van der Waals surface area contributed by atoms with Crippen molar-refractivity contribution < 1.29 is 4.74 Å². The lowest BCUT2D eigenvalue weighted by Crippen LogP contribution is -2.20. The van der Waals surface area contributed by atoms with E-state index in [0.29, 0.717) is 12.6 Å². The Morgan fingerprint density at radius 3 is 2.83 bits per heavy atom. The van der Waals surface area contributed by atoms with Gasteiger partial charge in [0.25, 0.3) is 0 Å². The first-order valence-corrected chi connectivity index (χ1v) is 4.04. The first-order valence-electron chi connectivity index (χ1n) is 4.04. The molecule has 0 saturated carbocycles. The predicted molar refractivity (Wildman–Crippen MR) is 46.1 cm³/mol. The zero-order valence-corrected chi connectivity index (χ0v) is 7.16. The number of rotatable bonds is 5. The van der Waals surface area contributed by atoms with E-state index < -0.39 is 0 Å². The van der Waals surface area contributed by atoms with Crippen molar-refractivity contribution in [2.24, 2.45) is 0 Å². The minimum atomic E-state index is 0.440. The molecule has 0 aliphatic heterocycles. The van der Waals surface area contributed by atoms with Gasteiger partial charge in [-0.05, 0) is 12.6 Å². The van der Waals surface area contributed by atoms with Gasteiger partial charge in [-0.2, -0.15) is 0 Å². The SMILES string of the molecule is CCNCCOc1ncccn1. The average Bonchev–Trinajstić information content (AvgIpc) is 2.14. The van der Waals surface area contributed by atoms with Crippen LogP contribution in [0.3, 0.4) is 0 Å². The summed E-state index contributed by atoms with van der Waals surface area (Å²) in [6, 6.07) is 2.20. The summed E-state index contributed by atoms with van der Waals surface area (Å²) < 4.78 is 5.22. The van der Waals surface area contributed by atoms with Crippen LogP contribution in [0.4, 0.5) is 0 Å². The molecule has 0 spiro atoms. The topological polar surface area (TPSA) is 47.0 Å². The molecular weight excluding hydrogens is 154 g/mol. The normalized spacial score (nSPS) is 9.75. The van der Waals surface area contributed by atoms with Crippen molar-refractivity contribution in [1.82, 2.24) is 15.3 Å². The molecule has 0 aliphatic carbocycles. The van der Waals surface area contributed by atoms with Gasteiger partial charge in [0.1, 0.15) is 6.61 Å². The molecule has 1 aromatic rings. The van der Waals surface area contributed by atoms with Gasteiger partial charge < -0.3 is 10.1 Å². The number of likely N-dealkylation sites (N-methyl/N-ethyl adjacent to an activating group) is 1. The quantitative estimate of drug-likeness (QED) is 0.647. The summed E-state index contributed by atoms with van der Waals surface area (Å²) >= 11 is 0. The molecule has 0 saturated heterocycles. The van der Waals surface area contributed by atoms with E-state index in [0.717, 1.165) is 13.1 Å². The number of hydrogen-bond donors (Lipinski definition) is 1. The van der Waals surface area contributed by atoms with Crippen LogP contribution in [0, 0.1) is 0 Å². The molecule has 1 aromatic heterocycles. The van der Waals surface area contributed by atoms with Crippen LogP contribution in [0.25, 0.3) is 0 Å². The molecule has 1 N–H and O–H groups in total. The van der Waals surface area contributed by atoms with E-state index in [2.05, 4.69) is 22.2 Å². The van der Waals surface area contributed by atoms with Crippen molar-refractivity contribution in [2.75, 3.05) is 19.7 Å². The van der Waals surface area contributed by atoms with Gasteiger partial charge in [-0.3, -0.25) is 0 Å². The maximum Gasteiger partial charge on any atom is 0.316 e. The summed E-state index contributed by atoms with van der Waals surface area (Å²) in [7, 11) is 0. The van der Waals surface area contributed by atoms with Crippen LogP contribution < -0.4 is 10.1 Å². The molecule has 0 aromatic carbocycles. The van der Waals surface area contributed by atoms with Crippen LogP contribution in [-0.2, 0) is 0 Å². The minimum absolute atomic E-state index is 0.440. The Morgan fingerprint density at radius 2 is 2.17 bits per heavy atom. The maximum absolute atomic E-state index is 5.22. The van der Waals surface area contributed by atoms with Crippen LogP contribution in [-0.4, -0.2) is 29.7 Å². The summed E-state index contributed by atoms with van der Waals surface area (Å²) in [5, 5.41) is 3.14. The lowest BCUT2D eigenvalue weighted by molar-refractivity contribution is 0.291. The molecule has 0 fully saturated rings. The van der Waals surface area contributed by atoms with Crippen molar-refractivity contribution in [1.29, 1.82) is 0 Å². The summed E-state index contributed by atoms with van der Waals surface area (Å²) in [6.45, 7) is 4.45. The highest BCUT2D eigenvalue weighted by atomic mass is 16.5. The molecule has 0 amide bonds. The number of nitrogens with zero attached hydrogens (tertiary/aromatic N) is 2. The summed E-state index contributed by atoms with van der Waals surface area (Å²) in [5.41, 5.74) is 0. The summed E-state index contributed by atoms with van der Waals surface area (Å²) in [6.07, 6.45) is 3.32. The van der Waals surface area contributed by atoms with Crippen LogP contribution in [0.2, 0.25) is 0 Å².